The van der Waals surface area contributed by atoms with Crippen molar-refractivity contribution in [2.75, 3.05) is 0 Å². The molecule has 0 aromatic carbocycles. The number of hydrogen-bond donors (Lipinski definition) is 0. The minimum atomic E-state index is 0.687. The van der Waals surface area contributed by atoms with Gasteiger partial charge in [-0.3, -0.25) is 0 Å². The first-order chi connectivity index (χ1) is 5.77. The van der Waals surface area contributed by atoms with Gasteiger partial charge < -0.3 is 0 Å². The Balaban J connectivity index is 2.22. The molecule has 0 radical (unpaired) electrons. The normalized spacial score (nSPS) is 15.6. The van der Waals surface area contributed by atoms with Crippen LogP contribution in [0, 0.1) is 5.92 Å². The van der Waals surface area contributed by atoms with Crippen LogP contribution in [0.25, 0.3) is 0 Å². The van der Waals surface area contributed by atoms with Crippen LogP contribution < -0.4 is 0 Å². The number of rotatable bonds is 2. The molecule has 2 heterocycles. The second-order valence-electron chi connectivity index (χ2n) is 3.91. The van der Waals surface area contributed by atoms with Crippen LogP contribution in [0.5, 0.6) is 0 Å². The Morgan fingerprint density at radius 2 is 2.33 bits per heavy atom. The molecule has 12 heavy (non-hydrogen) atoms. The number of fused-ring (bicyclic) bond motifs is 1. The molecule has 0 fully saturated rings. The summed E-state index contributed by atoms with van der Waals surface area (Å²) in [6, 6.07) is 0. The number of nitrogens with zero attached hydrogens (tertiary/aromatic N) is 3. The van der Waals surface area contributed by atoms with Crippen molar-refractivity contribution >= 4 is 0 Å². The Hall–Kier alpha value is -0.860. The summed E-state index contributed by atoms with van der Waals surface area (Å²) in [7, 11) is 0. The van der Waals surface area contributed by atoms with Crippen LogP contribution in [-0.4, -0.2) is 15.0 Å². The van der Waals surface area contributed by atoms with Gasteiger partial charge in [0.2, 0.25) is 0 Å². The molecular weight excluding hydrogens is 150 g/mol. The minimum absolute atomic E-state index is 0.687. The molecule has 1 aromatic heterocycles. The van der Waals surface area contributed by atoms with E-state index in [2.05, 4.69) is 28.8 Å². The lowest BCUT2D eigenvalue weighted by Gasteiger charge is -2.01. The highest BCUT2D eigenvalue weighted by molar-refractivity contribution is 5.13. The lowest BCUT2D eigenvalue weighted by Crippen LogP contribution is -1.98. The molecule has 0 N–H and O–H groups in total. The average molecular weight is 165 g/mol. The van der Waals surface area contributed by atoms with Crippen molar-refractivity contribution in [2.45, 2.75) is 39.7 Å². The fourth-order valence-electron chi connectivity index (χ4n) is 1.76. The van der Waals surface area contributed by atoms with E-state index in [9.17, 15) is 0 Å². The van der Waals surface area contributed by atoms with Gasteiger partial charge in [-0.05, 0) is 25.2 Å². The van der Waals surface area contributed by atoms with Crippen molar-refractivity contribution in [3.8, 4) is 0 Å². The molecule has 1 aliphatic rings. The van der Waals surface area contributed by atoms with Gasteiger partial charge in [0.05, 0.1) is 11.4 Å². The Bertz CT molecular complexity index is 275. The van der Waals surface area contributed by atoms with Gasteiger partial charge in [-0.2, -0.15) is 0 Å². The zero-order valence-electron chi connectivity index (χ0n) is 7.75. The van der Waals surface area contributed by atoms with E-state index in [1.54, 1.807) is 0 Å². The first kappa shape index (κ1) is 7.77. The molecule has 0 saturated carbocycles. The maximum atomic E-state index is 4.19. The summed E-state index contributed by atoms with van der Waals surface area (Å²) in [5.74, 6) is 0.687. The fourth-order valence-corrected chi connectivity index (χ4v) is 1.76. The van der Waals surface area contributed by atoms with Crippen molar-refractivity contribution in [2.24, 2.45) is 5.92 Å². The Morgan fingerprint density at radius 1 is 1.50 bits per heavy atom. The van der Waals surface area contributed by atoms with Crippen LogP contribution in [0.4, 0.5) is 0 Å². The number of aryl methyl sites for hydroxylation is 1. The summed E-state index contributed by atoms with van der Waals surface area (Å²) in [5.41, 5.74) is 2.60. The standard InChI is InChI=1S/C9H15N3/c1-7(2)6-8-9-4-3-5-12(9)11-10-8/h7H,3-6H2,1-2H3. The van der Waals surface area contributed by atoms with E-state index < -0.39 is 0 Å². The van der Waals surface area contributed by atoms with E-state index in [0.717, 1.165) is 13.0 Å². The molecule has 1 aliphatic heterocycles. The largest absolute Gasteiger partial charge is 0.249 e. The zero-order chi connectivity index (χ0) is 8.55. The lowest BCUT2D eigenvalue weighted by atomic mass is 10.1. The highest BCUT2D eigenvalue weighted by Crippen LogP contribution is 2.18. The molecule has 0 atom stereocenters. The van der Waals surface area contributed by atoms with Crippen molar-refractivity contribution in [1.29, 1.82) is 0 Å². The molecule has 0 unspecified atom stereocenters. The smallest absolute Gasteiger partial charge is 0.0861 e. The van der Waals surface area contributed by atoms with E-state index >= 15 is 0 Å². The second-order valence-corrected chi connectivity index (χ2v) is 3.91. The van der Waals surface area contributed by atoms with E-state index in [1.807, 2.05) is 0 Å². The lowest BCUT2D eigenvalue weighted by molar-refractivity contribution is 0.611. The van der Waals surface area contributed by atoms with Gasteiger partial charge in [-0.25, -0.2) is 4.68 Å². The first-order valence-electron chi connectivity index (χ1n) is 4.68. The fraction of sp³-hybridized carbons (Fsp3) is 0.778. The minimum Gasteiger partial charge on any atom is -0.249 e. The summed E-state index contributed by atoms with van der Waals surface area (Å²) in [4.78, 5) is 0. The highest BCUT2D eigenvalue weighted by atomic mass is 15.4. The van der Waals surface area contributed by atoms with Crippen LogP contribution in [0.15, 0.2) is 0 Å². The van der Waals surface area contributed by atoms with Crippen LogP contribution in [0.2, 0.25) is 0 Å². The molecule has 0 bridgehead atoms. The predicted octanol–water partition coefficient (Wildman–Crippen LogP) is 1.42. The maximum absolute atomic E-state index is 4.19. The maximum Gasteiger partial charge on any atom is 0.0861 e. The summed E-state index contributed by atoms with van der Waals surface area (Å²) < 4.78 is 2.05. The number of hydrogen-bond acceptors (Lipinski definition) is 2. The van der Waals surface area contributed by atoms with E-state index in [0.29, 0.717) is 5.92 Å². The summed E-state index contributed by atoms with van der Waals surface area (Å²) in [6.45, 7) is 5.52. The molecule has 0 amide bonds. The third-order valence-corrected chi connectivity index (χ3v) is 2.30. The van der Waals surface area contributed by atoms with Crippen molar-refractivity contribution in [3.05, 3.63) is 11.4 Å². The zero-order valence-corrected chi connectivity index (χ0v) is 7.75. The monoisotopic (exact) mass is 165 g/mol. The molecule has 3 nitrogen and oxygen atoms in total. The van der Waals surface area contributed by atoms with Gasteiger partial charge in [0, 0.05) is 6.54 Å². The van der Waals surface area contributed by atoms with Crippen LogP contribution in [-0.2, 0) is 19.4 Å². The van der Waals surface area contributed by atoms with Crippen molar-refractivity contribution in [3.63, 3.8) is 0 Å². The predicted molar refractivity (Wildman–Crippen MR) is 46.9 cm³/mol. The first-order valence-corrected chi connectivity index (χ1v) is 4.68. The second kappa shape index (κ2) is 2.88. The SMILES string of the molecule is CC(C)Cc1nnn2c1CCC2. The Labute approximate surface area is 72.8 Å². The third kappa shape index (κ3) is 1.24. The highest BCUT2D eigenvalue weighted by Gasteiger charge is 2.17. The summed E-state index contributed by atoms with van der Waals surface area (Å²) >= 11 is 0. The molecule has 3 heteroatoms. The molecule has 66 valence electrons. The summed E-state index contributed by atoms with van der Waals surface area (Å²) in [5, 5.41) is 8.31. The van der Waals surface area contributed by atoms with E-state index in [1.165, 1.54) is 24.2 Å². The van der Waals surface area contributed by atoms with E-state index in [-0.39, 0.29) is 0 Å². The van der Waals surface area contributed by atoms with Gasteiger partial charge in [-0.15, -0.1) is 5.10 Å². The molecule has 0 saturated heterocycles. The average Bonchev–Trinajstić information content (AvgIpc) is 2.52. The molecule has 2 rings (SSSR count). The van der Waals surface area contributed by atoms with Gasteiger partial charge in [0.25, 0.3) is 0 Å². The van der Waals surface area contributed by atoms with Crippen LogP contribution in [0.1, 0.15) is 31.7 Å². The molecule has 0 aliphatic carbocycles. The van der Waals surface area contributed by atoms with Gasteiger partial charge in [-0.1, -0.05) is 19.1 Å². The van der Waals surface area contributed by atoms with Crippen LogP contribution >= 0.6 is 0 Å². The topological polar surface area (TPSA) is 30.7 Å². The van der Waals surface area contributed by atoms with Crippen LogP contribution in [0.3, 0.4) is 0 Å². The van der Waals surface area contributed by atoms with Gasteiger partial charge in [0.1, 0.15) is 0 Å². The van der Waals surface area contributed by atoms with Gasteiger partial charge in [0.15, 0.2) is 0 Å². The van der Waals surface area contributed by atoms with Gasteiger partial charge >= 0.3 is 0 Å². The number of aromatic nitrogens is 3. The summed E-state index contributed by atoms with van der Waals surface area (Å²) in [6.07, 6.45) is 3.50. The Kier molecular flexibility index (Phi) is 1.87. The molecule has 0 spiro atoms. The quantitative estimate of drug-likeness (QED) is 0.663. The molecule has 1 aromatic rings. The van der Waals surface area contributed by atoms with Crippen molar-refractivity contribution in [1.82, 2.24) is 15.0 Å². The third-order valence-electron chi connectivity index (χ3n) is 2.30. The van der Waals surface area contributed by atoms with E-state index in [4.69, 9.17) is 0 Å². The van der Waals surface area contributed by atoms with Crippen molar-refractivity contribution < 1.29 is 0 Å². The Morgan fingerprint density at radius 3 is 3.08 bits per heavy atom. The molecular formula is C9H15N3.